The van der Waals surface area contributed by atoms with E-state index in [-0.39, 0.29) is 23.5 Å². The molecule has 29 heavy (non-hydrogen) atoms. The Labute approximate surface area is 173 Å². The van der Waals surface area contributed by atoms with Gasteiger partial charge in [0, 0.05) is 45.8 Å². The van der Waals surface area contributed by atoms with E-state index in [1.807, 2.05) is 21.9 Å². The largest absolute Gasteiger partial charge is 0.376 e. The minimum Gasteiger partial charge on any atom is -0.376 e. The number of nitrogens with one attached hydrogen (secondary N) is 1. The number of rotatable bonds is 4. The third kappa shape index (κ3) is 4.74. The topological polar surface area (TPSA) is 61.9 Å². The van der Waals surface area contributed by atoms with Crippen LogP contribution in [0.25, 0.3) is 0 Å². The first-order valence-corrected chi connectivity index (χ1v) is 11.0. The summed E-state index contributed by atoms with van der Waals surface area (Å²) in [6.07, 6.45) is 5.90. The van der Waals surface area contributed by atoms with Gasteiger partial charge in [-0.15, -0.1) is 0 Å². The van der Waals surface area contributed by atoms with Gasteiger partial charge in [-0.05, 0) is 55.6 Å². The zero-order chi connectivity index (χ0) is 20.3. The number of carbonyl (C=O) groups is 2. The number of aryl methyl sites for hydroxylation is 1. The van der Waals surface area contributed by atoms with Gasteiger partial charge >= 0.3 is 6.03 Å². The van der Waals surface area contributed by atoms with Crippen molar-refractivity contribution in [2.24, 2.45) is 5.41 Å². The Balaban J connectivity index is 1.28. The second-order valence-electron chi connectivity index (χ2n) is 8.98. The molecule has 3 amide bonds. The van der Waals surface area contributed by atoms with Crippen LogP contribution in [0.3, 0.4) is 0 Å². The molecule has 0 aliphatic carbocycles. The summed E-state index contributed by atoms with van der Waals surface area (Å²) in [5.41, 5.74) is 2.52. The third-order valence-corrected chi connectivity index (χ3v) is 7.00. The summed E-state index contributed by atoms with van der Waals surface area (Å²) in [5.74, 6) is 0.268. The second kappa shape index (κ2) is 8.74. The Kier molecular flexibility index (Phi) is 6.09. The van der Waals surface area contributed by atoms with Crippen LogP contribution in [0.4, 0.5) is 4.79 Å². The Bertz CT molecular complexity index is 737. The van der Waals surface area contributed by atoms with E-state index in [1.54, 1.807) is 0 Å². The number of nitrogens with zero attached hydrogens (tertiary/aromatic N) is 2. The van der Waals surface area contributed by atoms with Crippen molar-refractivity contribution in [2.45, 2.75) is 58.1 Å². The maximum Gasteiger partial charge on any atom is 0.317 e. The quantitative estimate of drug-likeness (QED) is 0.846. The monoisotopic (exact) mass is 399 g/mol. The second-order valence-corrected chi connectivity index (χ2v) is 8.98. The standard InChI is InChI=1S/C23H33N3O3/c1-18-5-2-3-6-19(18)15-24-22(28)25-12-10-23(11-13-25)9-8-21(27)26(17-23)16-20-7-4-14-29-20/h2-3,5-6,20H,4,7-17H2,1H3,(H,24,28). The number of urea groups is 1. The van der Waals surface area contributed by atoms with Crippen LogP contribution in [0.15, 0.2) is 24.3 Å². The highest BCUT2D eigenvalue weighted by molar-refractivity contribution is 5.77. The molecule has 0 bridgehead atoms. The zero-order valence-electron chi connectivity index (χ0n) is 17.5. The number of piperidine rings is 2. The van der Waals surface area contributed by atoms with Crippen LogP contribution in [-0.4, -0.2) is 60.6 Å². The molecule has 0 radical (unpaired) electrons. The summed E-state index contributed by atoms with van der Waals surface area (Å²) >= 11 is 0. The van der Waals surface area contributed by atoms with E-state index in [9.17, 15) is 9.59 Å². The molecular weight excluding hydrogens is 366 g/mol. The molecule has 158 valence electrons. The first kappa shape index (κ1) is 20.2. The lowest BCUT2D eigenvalue weighted by Gasteiger charge is -2.47. The van der Waals surface area contributed by atoms with Crippen molar-refractivity contribution in [1.29, 1.82) is 0 Å². The van der Waals surface area contributed by atoms with Crippen molar-refractivity contribution >= 4 is 11.9 Å². The molecular formula is C23H33N3O3. The molecule has 4 rings (SSSR count). The van der Waals surface area contributed by atoms with Gasteiger partial charge < -0.3 is 19.9 Å². The lowest BCUT2D eigenvalue weighted by Crippen LogP contribution is -2.54. The third-order valence-electron chi connectivity index (χ3n) is 7.00. The Morgan fingerprint density at radius 3 is 2.76 bits per heavy atom. The van der Waals surface area contributed by atoms with Gasteiger partial charge in [-0.2, -0.15) is 0 Å². The molecule has 1 aromatic rings. The molecule has 1 spiro atoms. The van der Waals surface area contributed by atoms with Crippen LogP contribution in [0.1, 0.15) is 49.7 Å². The molecule has 3 saturated heterocycles. The van der Waals surface area contributed by atoms with E-state index in [4.69, 9.17) is 4.74 Å². The maximum atomic E-state index is 12.6. The van der Waals surface area contributed by atoms with Gasteiger partial charge in [0.25, 0.3) is 0 Å². The van der Waals surface area contributed by atoms with Gasteiger partial charge in [0.05, 0.1) is 6.10 Å². The molecule has 1 atom stereocenters. The first-order chi connectivity index (χ1) is 14.0. The average Bonchev–Trinajstić information content (AvgIpc) is 3.24. The minimum atomic E-state index is 0.0196. The van der Waals surface area contributed by atoms with Gasteiger partial charge in [-0.1, -0.05) is 24.3 Å². The van der Waals surface area contributed by atoms with Gasteiger partial charge in [0.2, 0.25) is 5.91 Å². The van der Waals surface area contributed by atoms with Gasteiger partial charge in [-0.3, -0.25) is 4.79 Å². The number of benzene rings is 1. The van der Waals surface area contributed by atoms with E-state index in [0.717, 1.165) is 70.5 Å². The average molecular weight is 400 g/mol. The first-order valence-electron chi connectivity index (χ1n) is 11.0. The predicted octanol–water partition coefficient (Wildman–Crippen LogP) is 3.09. The van der Waals surface area contributed by atoms with E-state index < -0.39 is 0 Å². The van der Waals surface area contributed by atoms with Crippen LogP contribution in [0.2, 0.25) is 0 Å². The van der Waals surface area contributed by atoms with Crippen LogP contribution in [0, 0.1) is 12.3 Å². The highest BCUT2D eigenvalue weighted by atomic mass is 16.5. The van der Waals surface area contributed by atoms with Crippen molar-refractivity contribution in [3.63, 3.8) is 0 Å². The van der Waals surface area contributed by atoms with E-state index >= 15 is 0 Å². The van der Waals surface area contributed by atoms with Crippen molar-refractivity contribution in [2.75, 3.05) is 32.8 Å². The van der Waals surface area contributed by atoms with Gasteiger partial charge in [0.15, 0.2) is 0 Å². The van der Waals surface area contributed by atoms with Crippen molar-refractivity contribution in [1.82, 2.24) is 15.1 Å². The summed E-state index contributed by atoms with van der Waals surface area (Å²) in [7, 11) is 0. The number of amides is 3. The molecule has 0 saturated carbocycles. The van der Waals surface area contributed by atoms with Crippen molar-refractivity contribution < 1.29 is 14.3 Å². The molecule has 1 aromatic carbocycles. The fourth-order valence-electron chi connectivity index (χ4n) is 4.99. The lowest BCUT2D eigenvalue weighted by atomic mass is 9.72. The maximum absolute atomic E-state index is 12.6. The fraction of sp³-hybridized carbons (Fsp3) is 0.652. The zero-order valence-corrected chi connectivity index (χ0v) is 17.5. The Morgan fingerprint density at radius 2 is 2.03 bits per heavy atom. The molecule has 6 nitrogen and oxygen atoms in total. The predicted molar refractivity (Wildman–Crippen MR) is 111 cm³/mol. The highest BCUT2D eigenvalue weighted by Gasteiger charge is 2.42. The molecule has 6 heteroatoms. The molecule has 3 aliphatic heterocycles. The van der Waals surface area contributed by atoms with E-state index in [2.05, 4.69) is 24.4 Å². The summed E-state index contributed by atoms with van der Waals surface area (Å²) in [4.78, 5) is 29.0. The van der Waals surface area contributed by atoms with Crippen LogP contribution in [0.5, 0.6) is 0 Å². The molecule has 1 N–H and O–H groups in total. The highest BCUT2D eigenvalue weighted by Crippen LogP contribution is 2.40. The van der Waals surface area contributed by atoms with E-state index in [1.165, 1.54) is 5.56 Å². The van der Waals surface area contributed by atoms with Crippen molar-refractivity contribution in [3.8, 4) is 0 Å². The fourth-order valence-corrected chi connectivity index (χ4v) is 4.99. The summed E-state index contributed by atoms with van der Waals surface area (Å²) in [6.45, 7) is 6.55. The van der Waals surface area contributed by atoms with Crippen molar-refractivity contribution in [3.05, 3.63) is 35.4 Å². The number of carbonyl (C=O) groups excluding carboxylic acids is 2. The normalized spacial score (nSPS) is 24.2. The number of hydrogen-bond acceptors (Lipinski definition) is 3. The number of ether oxygens (including phenoxy) is 1. The molecule has 3 fully saturated rings. The molecule has 0 aromatic heterocycles. The van der Waals surface area contributed by atoms with Crippen LogP contribution in [-0.2, 0) is 16.1 Å². The van der Waals surface area contributed by atoms with Crippen LogP contribution >= 0.6 is 0 Å². The summed E-state index contributed by atoms with van der Waals surface area (Å²) in [6, 6.07) is 8.17. The molecule has 3 heterocycles. The van der Waals surface area contributed by atoms with Crippen LogP contribution < -0.4 is 5.32 Å². The molecule has 1 unspecified atom stereocenters. The van der Waals surface area contributed by atoms with Gasteiger partial charge in [0.1, 0.15) is 0 Å². The number of hydrogen-bond donors (Lipinski definition) is 1. The minimum absolute atomic E-state index is 0.0196. The Morgan fingerprint density at radius 1 is 1.24 bits per heavy atom. The summed E-state index contributed by atoms with van der Waals surface area (Å²) in [5, 5.41) is 3.07. The lowest BCUT2D eigenvalue weighted by molar-refractivity contribution is -0.140. The van der Waals surface area contributed by atoms with Gasteiger partial charge in [-0.25, -0.2) is 4.79 Å². The van der Waals surface area contributed by atoms with E-state index in [0.29, 0.717) is 13.0 Å². The SMILES string of the molecule is Cc1ccccc1CNC(=O)N1CCC2(CCC(=O)N(CC3CCCO3)C2)CC1. The number of likely N-dealkylation sites (tertiary alicyclic amines) is 2. The smallest absolute Gasteiger partial charge is 0.317 e. The Hall–Kier alpha value is -2.08. The molecule has 3 aliphatic rings. The summed E-state index contributed by atoms with van der Waals surface area (Å²) < 4.78 is 5.74.